The summed E-state index contributed by atoms with van der Waals surface area (Å²) in [6.45, 7) is 7.05. The lowest BCUT2D eigenvalue weighted by atomic mass is 10.0. The molecule has 19 heavy (non-hydrogen) atoms. The average Bonchev–Trinajstić information content (AvgIpc) is 2.39. The molecule has 0 saturated carbocycles. The van der Waals surface area contributed by atoms with Crippen LogP contribution in [0.2, 0.25) is 0 Å². The first-order valence-electron chi connectivity index (χ1n) is 6.76. The summed E-state index contributed by atoms with van der Waals surface area (Å²) in [5, 5.41) is 0. The Balaban J connectivity index is 2.33. The van der Waals surface area contributed by atoms with Gasteiger partial charge in [0, 0.05) is 38.6 Å². The van der Waals surface area contributed by atoms with Crippen LogP contribution < -0.4 is 5.73 Å². The Kier molecular flexibility index (Phi) is 6.24. The molecule has 0 radical (unpaired) electrons. The number of piperazine rings is 1. The lowest BCUT2D eigenvalue weighted by molar-refractivity contribution is -0.142. The minimum atomic E-state index is -0.235. The van der Waals surface area contributed by atoms with Crippen LogP contribution in [0.1, 0.15) is 20.3 Å². The molecule has 0 aromatic heterocycles. The number of ether oxygens (including phenoxy) is 1. The van der Waals surface area contributed by atoms with E-state index in [-0.39, 0.29) is 17.9 Å². The Bertz CT molecular complexity index is 312. The van der Waals surface area contributed by atoms with Crippen LogP contribution in [-0.4, -0.2) is 67.6 Å². The van der Waals surface area contributed by atoms with Crippen LogP contribution >= 0.6 is 0 Å². The van der Waals surface area contributed by atoms with Gasteiger partial charge in [0.25, 0.3) is 0 Å². The maximum absolute atomic E-state index is 12.0. The number of rotatable bonds is 5. The second kappa shape index (κ2) is 7.45. The Labute approximate surface area is 114 Å². The van der Waals surface area contributed by atoms with Crippen molar-refractivity contribution in [1.82, 2.24) is 9.80 Å². The summed E-state index contributed by atoms with van der Waals surface area (Å²) in [5.41, 5.74) is 5.92. The van der Waals surface area contributed by atoms with Gasteiger partial charge in [-0.1, -0.05) is 13.8 Å². The predicted octanol–water partition coefficient (Wildman–Crippen LogP) is -0.323. The zero-order valence-electron chi connectivity index (χ0n) is 12.1. The number of methoxy groups -OCH3 is 1. The number of carbonyl (C=O) groups is 2. The number of nitrogens with zero attached hydrogens (tertiary/aromatic N) is 2. The number of carbonyl (C=O) groups excluding carboxylic acids is 2. The Morgan fingerprint density at radius 3 is 2.26 bits per heavy atom. The monoisotopic (exact) mass is 271 g/mol. The summed E-state index contributed by atoms with van der Waals surface area (Å²) in [4.78, 5) is 27.0. The topological polar surface area (TPSA) is 75.9 Å². The molecule has 110 valence electrons. The fraction of sp³-hybridized carbons (Fsp3) is 0.846. The van der Waals surface area contributed by atoms with Crippen molar-refractivity contribution in [3.8, 4) is 0 Å². The first-order chi connectivity index (χ1) is 8.93. The predicted molar refractivity (Wildman–Crippen MR) is 72.5 cm³/mol. The molecule has 1 saturated heterocycles. The molecule has 2 N–H and O–H groups in total. The SMILES string of the molecule is COC(=O)CN1CCN(C(=O)CC(N)C(C)C)CC1. The van der Waals surface area contributed by atoms with Crippen molar-refractivity contribution in [2.24, 2.45) is 11.7 Å². The Morgan fingerprint density at radius 1 is 1.21 bits per heavy atom. The van der Waals surface area contributed by atoms with Gasteiger partial charge in [0.2, 0.25) is 5.91 Å². The maximum Gasteiger partial charge on any atom is 0.319 e. The van der Waals surface area contributed by atoms with Crippen molar-refractivity contribution >= 4 is 11.9 Å². The molecule has 0 spiro atoms. The third-order valence-electron chi connectivity index (χ3n) is 3.57. The molecule has 0 aliphatic carbocycles. The highest BCUT2D eigenvalue weighted by Gasteiger charge is 2.24. The van der Waals surface area contributed by atoms with Crippen LogP contribution in [0, 0.1) is 5.92 Å². The van der Waals surface area contributed by atoms with E-state index in [1.54, 1.807) is 0 Å². The van der Waals surface area contributed by atoms with Gasteiger partial charge >= 0.3 is 5.97 Å². The Morgan fingerprint density at radius 2 is 1.79 bits per heavy atom. The number of hydrogen-bond acceptors (Lipinski definition) is 5. The molecular weight excluding hydrogens is 246 g/mol. The molecule has 6 nitrogen and oxygen atoms in total. The molecule has 0 bridgehead atoms. The summed E-state index contributed by atoms with van der Waals surface area (Å²) in [6, 6.07) is -0.0828. The summed E-state index contributed by atoms with van der Waals surface area (Å²) in [7, 11) is 1.38. The minimum absolute atomic E-state index is 0.0828. The van der Waals surface area contributed by atoms with Gasteiger partial charge in [-0.05, 0) is 5.92 Å². The van der Waals surface area contributed by atoms with E-state index < -0.39 is 0 Å². The zero-order chi connectivity index (χ0) is 14.4. The molecule has 0 aromatic carbocycles. The first kappa shape index (κ1) is 15.9. The van der Waals surface area contributed by atoms with Gasteiger partial charge in [0.05, 0.1) is 13.7 Å². The lowest BCUT2D eigenvalue weighted by Gasteiger charge is -2.34. The molecule has 1 fully saturated rings. The van der Waals surface area contributed by atoms with E-state index in [4.69, 9.17) is 5.73 Å². The van der Waals surface area contributed by atoms with E-state index >= 15 is 0 Å². The second-order valence-electron chi connectivity index (χ2n) is 5.35. The number of nitrogens with two attached hydrogens (primary N) is 1. The van der Waals surface area contributed by atoms with Gasteiger partial charge in [-0.2, -0.15) is 0 Å². The van der Waals surface area contributed by atoms with Gasteiger partial charge in [-0.15, -0.1) is 0 Å². The third kappa shape index (κ3) is 5.16. The van der Waals surface area contributed by atoms with E-state index in [1.807, 2.05) is 23.6 Å². The van der Waals surface area contributed by atoms with E-state index in [9.17, 15) is 9.59 Å². The quantitative estimate of drug-likeness (QED) is 0.693. The second-order valence-corrected chi connectivity index (χ2v) is 5.35. The van der Waals surface area contributed by atoms with Crippen LogP contribution in [0.5, 0.6) is 0 Å². The molecule has 1 amide bonds. The number of esters is 1. The molecule has 0 aromatic rings. The van der Waals surface area contributed by atoms with Gasteiger partial charge in [0.15, 0.2) is 0 Å². The summed E-state index contributed by atoms with van der Waals surface area (Å²) >= 11 is 0. The Hall–Kier alpha value is -1.14. The van der Waals surface area contributed by atoms with E-state index in [2.05, 4.69) is 4.74 Å². The van der Waals surface area contributed by atoms with Gasteiger partial charge in [-0.25, -0.2) is 0 Å². The normalized spacial score (nSPS) is 18.5. The minimum Gasteiger partial charge on any atom is -0.468 e. The van der Waals surface area contributed by atoms with Gasteiger partial charge < -0.3 is 15.4 Å². The van der Waals surface area contributed by atoms with Crippen molar-refractivity contribution in [2.75, 3.05) is 39.8 Å². The van der Waals surface area contributed by atoms with Crippen LogP contribution in [0.3, 0.4) is 0 Å². The van der Waals surface area contributed by atoms with Crippen LogP contribution in [0.4, 0.5) is 0 Å². The van der Waals surface area contributed by atoms with E-state index in [0.29, 0.717) is 45.1 Å². The molecule has 1 atom stereocenters. The highest BCUT2D eigenvalue weighted by Crippen LogP contribution is 2.08. The fourth-order valence-electron chi connectivity index (χ4n) is 1.97. The summed E-state index contributed by atoms with van der Waals surface area (Å²) < 4.78 is 4.63. The van der Waals surface area contributed by atoms with Crippen molar-refractivity contribution < 1.29 is 14.3 Å². The first-order valence-corrected chi connectivity index (χ1v) is 6.76. The van der Waals surface area contributed by atoms with Crippen molar-refractivity contribution in [3.63, 3.8) is 0 Å². The molecule has 6 heteroatoms. The smallest absolute Gasteiger partial charge is 0.319 e. The molecular formula is C13H25N3O3. The number of hydrogen-bond donors (Lipinski definition) is 1. The fourth-order valence-corrected chi connectivity index (χ4v) is 1.97. The molecule has 1 aliphatic rings. The molecule has 1 aliphatic heterocycles. The van der Waals surface area contributed by atoms with Crippen molar-refractivity contribution in [1.29, 1.82) is 0 Å². The zero-order valence-corrected chi connectivity index (χ0v) is 12.1. The van der Waals surface area contributed by atoms with Crippen LogP contribution in [0.25, 0.3) is 0 Å². The largest absolute Gasteiger partial charge is 0.468 e. The summed E-state index contributed by atoms with van der Waals surface area (Å²) in [5.74, 6) is 0.185. The van der Waals surface area contributed by atoms with Crippen LogP contribution in [0.15, 0.2) is 0 Å². The van der Waals surface area contributed by atoms with Gasteiger partial charge in [0.1, 0.15) is 0 Å². The van der Waals surface area contributed by atoms with Crippen LogP contribution in [-0.2, 0) is 14.3 Å². The van der Waals surface area contributed by atoms with Crippen molar-refractivity contribution in [2.45, 2.75) is 26.3 Å². The highest BCUT2D eigenvalue weighted by atomic mass is 16.5. The summed E-state index contributed by atoms with van der Waals surface area (Å²) in [6.07, 6.45) is 0.397. The molecule has 1 rings (SSSR count). The van der Waals surface area contributed by atoms with E-state index in [1.165, 1.54) is 7.11 Å². The maximum atomic E-state index is 12.0. The highest BCUT2D eigenvalue weighted by molar-refractivity contribution is 5.77. The van der Waals surface area contributed by atoms with Gasteiger partial charge in [-0.3, -0.25) is 14.5 Å². The van der Waals surface area contributed by atoms with Crippen molar-refractivity contribution in [3.05, 3.63) is 0 Å². The number of amides is 1. The molecule has 1 unspecified atom stereocenters. The standard InChI is InChI=1S/C13H25N3O3/c1-10(2)11(14)8-12(17)16-6-4-15(5-7-16)9-13(18)19-3/h10-11H,4-9,14H2,1-3H3. The van der Waals surface area contributed by atoms with E-state index in [0.717, 1.165) is 0 Å². The third-order valence-corrected chi connectivity index (χ3v) is 3.57. The average molecular weight is 271 g/mol. The lowest BCUT2D eigenvalue weighted by Crippen LogP contribution is -2.51. The molecule has 1 heterocycles.